The lowest BCUT2D eigenvalue weighted by molar-refractivity contribution is 0.222. The van der Waals surface area contributed by atoms with E-state index in [0.29, 0.717) is 12.5 Å². The summed E-state index contributed by atoms with van der Waals surface area (Å²) in [6, 6.07) is 8.39. The standard InChI is InChI=1S/C12H18O/c1-3-11(9-13)8-12-7-5-4-6-10(12)2/h4-7,11,13H,3,8-9H2,1-2H3. The third-order valence-corrected chi connectivity index (χ3v) is 2.61. The molecule has 1 atom stereocenters. The van der Waals surface area contributed by atoms with Crippen LogP contribution in [0.4, 0.5) is 0 Å². The van der Waals surface area contributed by atoms with E-state index in [4.69, 9.17) is 5.11 Å². The zero-order chi connectivity index (χ0) is 9.68. The fourth-order valence-corrected chi connectivity index (χ4v) is 1.49. The molecule has 0 aliphatic heterocycles. The minimum atomic E-state index is 0.296. The van der Waals surface area contributed by atoms with Gasteiger partial charge in [0.05, 0.1) is 0 Å². The van der Waals surface area contributed by atoms with E-state index in [1.807, 2.05) is 0 Å². The van der Waals surface area contributed by atoms with E-state index in [9.17, 15) is 0 Å². The normalized spacial score (nSPS) is 12.8. The van der Waals surface area contributed by atoms with E-state index in [2.05, 4.69) is 38.1 Å². The summed E-state index contributed by atoms with van der Waals surface area (Å²) >= 11 is 0. The molecule has 0 aliphatic rings. The topological polar surface area (TPSA) is 20.2 Å². The summed E-state index contributed by atoms with van der Waals surface area (Å²) in [6.07, 6.45) is 2.05. The van der Waals surface area contributed by atoms with Crippen LogP contribution in [0.25, 0.3) is 0 Å². The van der Waals surface area contributed by atoms with E-state index < -0.39 is 0 Å². The van der Waals surface area contributed by atoms with Crippen LogP contribution in [0.3, 0.4) is 0 Å². The molecular formula is C12H18O. The summed E-state index contributed by atoms with van der Waals surface area (Å²) < 4.78 is 0. The highest BCUT2D eigenvalue weighted by atomic mass is 16.3. The fourth-order valence-electron chi connectivity index (χ4n) is 1.49. The van der Waals surface area contributed by atoms with E-state index in [-0.39, 0.29) is 0 Å². The smallest absolute Gasteiger partial charge is 0.0462 e. The Balaban J connectivity index is 2.67. The van der Waals surface area contributed by atoms with Crippen LogP contribution in [0.5, 0.6) is 0 Å². The van der Waals surface area contributed by atoms with Crippen molar-refractivity contribution in [2.24, 2.45) is 5.92 Å². The first-order valence-electron chi connectivity index (χ1n) is 4.93. The number of aliphatic hydroxyl groups is 1. The van der Waals surface area contributed by atoms with Crippen LogP contribution in [0.2, 0.25) is 0 Å². The van der Waals surface area contributed by atoms with E-state index in [1.165, 1.54) is 11.1 Å². The van der Waals surface area contributed by atoms with Crippen molar-refractivity contribution in [1.82, 2.24) is 0 Å². The van der Waals surface area contributed by atoms with Crippen molar-refractivity contribution in [3.63, 3.8) is 0 Å². The maximum absolute atomic E-state index is 9.08. The first-order valence-corrected chi connectivity index (χ1v) is 4.93. The molecule has 13 heavy (non-hydrogen) atoms. The molecule has 1 heteroatoms. The van der Waals surface area contributed by atoms with Crippen molar-refractivity contribution in [2.45, 2.75) is 26.7 Å². The second kappa shape index (κ2) is 5.03. The van der Waals surface area contributed by atoms with Gasteiger partial charge in [-0.15, -0.1) is 0 Å². The first-order chi connectivity index (χ1) is 6.27. The van der Waals surface area contributed by atoms with Crippen molar-refractivity contribution in [3.05, 3.63) is 35.4 Å². The summed E-state index contributed by atoms with van der Waals surface area (Å²) in [6.45, 7) is 4.55. The molecule has 0 fully saturated rings. The highest BCUT2D eigenvalue weighted by molar-refractivity contribution is 5.25. The predicted molar refractivity (Wildman–Crippen MR) is 55.7 cm³/mol. The van der Waals surface area contributed by atoms with E-state index >= 15 is 0 Å². The van der Waals surface area contributed by atoms with Crippen molar-refractivity contribution < 1.29 is 5.11 Å². The van der Waals surface area contributed by atoms with Gasteiger partial charge in [-0.05, 0) is 30.4 Å². The maximum Gasteiger partial charge on any atom is 0.0462 e. The SMILES string of the molecule is CCC(CO)Cc1ccccc1C. The van der Waals surface area contributed by atoms with Crippen LogP contribution in [-0.4, -0.2) is 11.7 Å². The molecule has 72 valence electrons. The zero-order valence-corrected chi connectivity index (χ0v) is 8.46. The Hall–Kier alpha value is -0.820. The monoisotopic (exact) mass is 178 g/mol. The van der Waals surface area contributed by atoms with Gasteiger partial charge in [-0.25, -0.2) is 0 Å². The molecule has 0 aliphatic carbocycles. The number of benzene rings is 1. The van der Waals surface area contributed by atoms with Crippen LogP contribution in [0, 0.1) is 12.8 Å². The highest BCUT2D eigenvalue weighted by Crippen LogP contribution is 2.14. The lowest BCUT2D eigenvalue weighted by Gasteiger charge is -2.12. The Labute approximate surface area is 80.4 Å². The van der Waals surface area contributed by atoms with Gasteiger partial charge in [0.2, 0.25) is 0 Å². The van der Waals surface area contributed by atoms with Gasteiger partial charge in [-0.2, -0.15) is 0 Å². The van der Waals surface area contributed by atoms with Crippen LogP contribution in [0.1, 0.15) is 24.5 Å². The second-order valence-electron chi connectivity index (χ2n) is 3.59. The van der Waals surface area contributed by atoms with Crippen molar-refractivity contribution >= 4 is 0 Å². The van der Waals surface area contributed by atoms with Crippen molar-refractivity contribution in [2.75, 3.05) is 6.61 Å². The molecule has 0 spiro atoms. The Morgan fingerprint density at radius 1 is 1.31 bits per heavy atom. The Morgan fingerprint density at radius 3 is 2.54 bits per heavy atom. The molecule has 1 aromatic carbocycles. The lowest BCUT2D eigenvalue weighted by Crippen LogP contribution is -2.08. The van der Waals surface area contributed by atoms with Crippen LogP contribution in [0.15, 0.2) is 24.3 Å². The molecule has 0 saturated heterocycles. The van der Waals surface area contributed by atoms with Gasteiger partial charge >= 0.3 is 0 Å². The molecule has 1 unspecified atom stereocenters. The van der Waals surface area contributed by atoms with Gasteiger partial charge in [-0.3, -0.25) is 0 Å². The molecule has 0 amide bonds. The zero-order valence-electron chi connectivity index (χ0n) is 8.46. The quantitative estimate of drug-likeness (QED) is 0.751. The molecule has 1 aromatic rings. The second-order valence-corrected chi connectivity index (χ2v) is 3.59. The minimum Gasteiger partial charge on any atom is -0.396 e. The van der Waals surface area contributed by atoms with Gasteiger partial charge in [0.15, 0.2) is 0 Å². The number of hydrogen-bond acceptors (Lipinski definition) is 1. The van der Waals surface area contributed by atoms with Gasteiger partial charge in [0.1, 0.15) is 0 Å². The molecule has 0 saturated carbocycles. The average molecular weight is 178 g/mol. The minimum absolute atomic E-state index is 0.296. The molecule has 0 heterocycles. The number of hydrogen-bond donors (Lipinski definition) is 1. The summed E-state index contributed by atoms with van der Waals surface area (Å²) in [5.74, 6) is 0.418. The number of aliphatic hydroxyl groups excluding tert-OH is 1. The largest absolute Gasteiger partial charge is 0.396 e. The summed E-state index contributed by atoms with van der Waals surface area (Å²) in [7, 11) is 0. The Kier molecular flexibility index (Phi) is 3.97. The highest BCUT2D eigenvalue weighted by Gasteiger charge is 2.06. The van der Waals surface area contributed by atoms with Crippen LogP contribution in [-0.2, 0) is 6.42 Å². The Bertz CT molecular complexity index is 251. The van der Waals surface area contributed by atoms with E-state index in [0.717, 1.165) is 12.8 Å². The van der Waals surface area contributed by atoms with Gasteiger partial charge in [0, 0.05) is 6.61 Å². The first kappa shape index (κ1) is 10.3. The van der Waals surface area contributed by atoms with Crippen LogP contribution < -0.4 is 0 Å². The molecule has 0 aromatic heterocycles. The summed E-state index contributed by atoms with van der Waals surface area (Å²) in [4.78, 5) is 0. The van der Waals surface area contributed by atoms with Gasteiger partial charge < -0.3 is 5.11 Å². The van der Waals surface area contributed by atoms with Crippen LogP contribution >= 0.6 is 0 Å². The number of aryl methyl sites for hydroxylation is 1. The molecule has 0 radical (unpaired) electrons. The average Bonchev–Trinajstić information content (AvgIpc) is 2.17. The maximum atomic E-state index is 9.08. The molecular weight excluding hydrogens is 160 g/mol. The summed E-state index contributed by atoms with van der Waals surface area (Å²) in [5, 5.41) is 9.08. The lowest BCUT2D eigenvalue weighted by atomic mass is 9.95. The van der Waals surface area contributed by atoms with Crippen molar-refractivity contribution in [3.8, 4) is 0 Å². The molecule has 1 nitrogen and oxygen atoms in total. The fraction of sp³-hybridized carbons (Fsp3) is 0.500. The molecule has 0 bridgehead atoms. The summed E-state index contributed by atoms with van der Waals surface area (Å²) in [5.41, 5.74) is 2.69. The third-order valence-electron chi connectivity index (χ3n) is 2.61. The Morgan fingerprint density at radius 2 is 2.00 bits per heavy atom. The molecule has 1 N–H and O–H groups in total. The van der Waals surface area contributed by atoms with Crippen molar-refractivity contribution in [1.29, 1.82) is 0 Å². The molecule has 1 rings (SSSR count). The third kappa shape index (κ3) is 2.85. The van der Waals surface area contributed by atoms with E-state index in [1.54, 1.807) is 0 Å². The van der Waals surface area contributed by atoms with Gasteiger partial charge in [0.25, 0.3) is 0 Å². The number of rotatable bonds is 4. The van der Waals surface area contributed by atoms with Gasteiger partial charge in [-0.1, -0.05) is 37.6 Å². The predicted octanol–water partition coefficient (Wildman–Crippen LogP) is 2.56.